The van der Waals surface area contributed by atoms with Crippen LogP contribution in [0.1, 0.15) is 11.8 Å². The summed E-state index contributed by atoms with van der Waals surface area (Å²) >= 11 is 1.48. The molecule has 0 aliphatic carbocycles. The molecule has 1 N–H and O–H groups in total. The molecule has 0 saturated carbocycles. The number of hydrogen-bond acceptors (Lipinski definition) is 5. The molecule has 3 rings (SSSR count). The summed E-state index contributed by atoms with van der Waals surface area (Å²) in [5.41, 5.74) is -0.246. The van der Waals surface area contributed by atoms with Crippen molar-refractivity contribution in [3.63, 3.8) is 0 Å². The predicted molar refractivity (Wildman–Crippen MR) is 78.4 cm³/mol. The van der Waals surface area contributed by atoms with Crippen molar-refractivity contribution in [2.75, 3.05) is 13.1 Å². The van der Waals surface area contributed by atoms with Gasteiger partial charge in [0.2, 0.25) is 0 Å². The van der Waals surface area contributed by atoms with Crippen molar-refractivity contribution < 1.29 is 9.59 Å². The zero-order chi connectivity index (χ0) is 15.0. The molecule has 2 aromatic heterocycles. The van der Waals surface area contributed by atoms with Crippen LogP contribution in [-0.4, -0.2) is 39.5 Å². The minimum atomic E-state index is -0.411. The third-order valence-electron chi connectivity index (χ3n) is 3.38. The van der Waals surface area contributed by atoms with Crippen molar-refractivity contribution in [2.24, 2.45) is 0 Å². The normalized spacial score (nSPS) is 14.7. The molecule has 0 spiro atoms. The van der Waals surface area contributed by atoms with E-state index in [0.29, 0.717) is 23.3 Å². The van der Waals surface area contributed by atoms with Crippen molar-refractivity contribution >= 4 is 33.5 Å². The molecule has 21 heavy (non-hydrogen) atoms. The maximum Gasteiger partial charge on any atom is 0.324 e. The van der Waals surface area contributed by atoms with Crippen LogP contribution in [0.3, 0.4) is 0 Å². The molecule has 0 bridgehead atoms. The average Bonchev–Trinajstić information content (AvgIpc) is 3.08. The van der Waals surface area contributed by atoms with Gasteiger partial charge in [0.15, 0.2) is 0 Å². The van der Waals surface area contributed by atoms with Crippen molar-refractivity contribution in [1.29, 1.82) is 0 Å². The Bertz CT molecular complexity index is 779. The fourth-order valence-electron chi connectivity index (χ4n) is 2.24. The lowest BCUT2D eigenvalue weighted by Gasteiger charge is -2.12. The minimum absolute atomic E-state index is 0.174. The van der Waals surface area contributed by atoms with Crippen molar-refractivity contribution in [2.45, 2.75) is 19.9 Å². The molecule has 0 atom stereocenters. The fourth-order valence-corrected chi connectivity index (χ4v) is 3.16. The van der Waals surface area contributed by atoms with Gasteiger partial charge in [0.1, 0.15) is 11.4 Å². The third-order valence-corrected chi connectivity index (χ3v) is 4.57. The maximum atomic E-state index is 12.3. The first-order valence-electron chi connectivity index (χ1n) is 6.66. The van der Waals surface area contributed by atoms with Crippen LogP contribution in [0.25, 0.3) is 10.2 Å². The predicted octanol–water partition coefficient (Wildman–Crippen LogP) is 0.572. The van der Waals surface area contributed by atoms with Gasteiger partial charge in [0.25, 0.3) is 11.5 Å². The topological polar surface area (TPSA) is 84.3 Å². The van der Waals surface area contributed by atoms with Crippen LogP contribution in [0.15, 0.2) is 17.2 Å². The van der Waals surface area contributed by atoms with Crippen LogP contribution in [0.4, 0.5) is 4.79 Å². The van der Waals surface area contributed by atoms with Crippen LogP contribution < -0.4 is 10.9 Å². The smallest absolute Gasteiger partial charge is 0.324 e. The molecule has 8 heteroatoms. The molecule has 3 amide bonds. The highest BCUT2D eigenvalue weighted by atomic mass is 32.1. The van der Waals surface area contributed by atoms with Crippen LogP contribution in [0.5, 0.6) is 0 Å². The number of aromatic nitrogens is 2. The molecular weight excluding hydrogens is 292 g/mol. The second-order valence-corrected chi connectivity index (χ2v) is 5.86. The Balaban J connectivity index is 1.90. The van der Waals surface area contributed by atoms with Gasteiger partial charge in [-0.2, -0.15) is 0 Å². The zero-order valence-corrected chi connectivity index (χ0v) is 12.3. The summed E-state index contributed by atoms with van der Waals surface area (Å²) in [7, 11) is 0. The summed E-state index contributed by atoms with van der Waals surface area (Å²) in [5.74, 6) is -0.404. The second-order valence-electron chi connectivity index (χ2n) is 4.74. The molecule has 110 valence electrons. The number of aryl methyl sites for hydroxylation is 1. The number of imide groups is 1. The van der Waals surface area contributed by atoms with E-state index in [4.69, 9.17) is 0 Å². The highest BCUT2D eigenvalue weighted by molar-refractivity contribution is 7.18. The number of fused-ring (bicyclic) bond motifs is 1. The molecule has 3 heterocycles. The number of rotatable bonds is 3. The lowest BCUT2D eigenvalue weighted by atomic mass is 10.3. The number of thiophene rings is 1. The van der Waals surface area contributed by atoms with Crippen LogP contribution in [0, 0.1) is 0 Å². The van der Waals surface area contributed by atoms with E-state index in [9.17, 15) is 14.4 Å². The second kappa shape index (κ2) is 5.28. The van der Waals surface area contributed by atoms with Crippen LogP contribution in [0.2, 0.25) is 0 Å². The highest BCUT2D eigenvalue weighted by Gasteiger charge is 2.26. The summed E-state index contributed by atoms with van der Waals surface area (Å²) < 4.78 is 1.25. The number of urea groups is 1. The zero-order valence-electron chi connectivity index (χ0n) is 11.5. The lowest BCUT2D eigenvalue weighted by Crippen LogP contribution is -2.38. The van der Waals surface area contributed by atoms with E-state index in [1.165, 1.54) is 22.2 Å². The van der Waals surface area contributed by atoms with Crippen LogP contribution in [-0.2, 0) is 17.8 Å². The van der Waals surface area contributed by atoms with Crippen LogP contribution >= 0.6 is 11.3 Å². The Morgan fingerprint density at radius 2 is 2.29 bits per heavy atom. The van der Waals surface area contributed by atoms with E-state index >= 15 is 0 Å². The first-order valence-corrected chi connectivity index (χ1v) is 7.48. The molecule has 1 saturated heterocycles. The SMILES string of the molecule is CCc1cc2c(=O)n(CC(=O)N3CCNC3=O)cnc2s1. The van der Waals surface area contributed by atoms with E-state index in [1.807, 2.05) is 13.0 Å². The molecule has 0 aromatic carbocycles. The Kier molecular flexibility index (Phi) is 3.46. The third kappa shape index (κ3) is 2.42. The molecular formula is C13H14N4O3S. The highest BCUT2D eigenvalue weighted by Crippen LogP contribution is 2.20. The number of nitrogens with zero attached hydrogens (tertiary/aromatic N) is 3. The molecule has 1 fully saturated rings. The minimum Gasteiger partial charge on any atom is -0.336 e. The molecule has 1 aliphatic heterocycles. The van der Waals surface area contributed by atoms with Gasteiger partial charge >= 0.3 is 6.03 Å². The van der Waals surface area contributed by atoms with Gasteiger partial charge in [-0.3, -0.25) is 19.1 Å². The van der Waals surface area contributed by atoms with Gasteiger partial charge in [-0.15, -0.1) is 11.3 Å². The molecule has 0 radical (unpaired) electrons. The Labute approximate surface area is 124 Å². The van der Waals surface area contributed by atoms with Crippen molar-refractivity contribution in [1.82, 2.24) is 19.8 Å². The van der Waals surface area contributed by atoms with Crippen molar-refractivity contribution in [3.05, 3.63) is 27.6 Å². The standard InChI is InChI=1S/C13H14N4O3S/c1-2-8-5-9-11(21-8)15-7-16(12(9)19)6-10(18)17-4-3-14-13(17)20/h5,7H,2-4,6H2,1H3,(H,14,20). The quantitative estimate of drug-likeness (QED) is 0.898. The van der Waals surface area contributed by atoms with E-state index in [-0.39, 0.29) is 12.1 Å². The summed E-state index contributed by atoms with van der Waals surface area (Å²) in [6.07, 6.45) is 2.21. The van der Waals surface area contributed by atoms with E-state index in [2.05, 4.69) is 10.3 Å². The van der Waals surface area contributed by atoms with Gasteiger partial charge in [-0.05, 0) is 12.5 Å². The number of hydrogen-bond donors (Lipinski definition) is 1. The molecule has 0 unspecified atom stereocenters. The number of carbonyl (C=O) groups is 2. The fraction of sp³-hybridized carbons (Fsp3) is 0.385. The molecule has 7 nitrogen and oxygen atoms in total. The Morgan fingerprint density at radius 1 is 1.48 bits per heavy atom. The van der Waals surface area contributed by atoms with Gasteiger partial charge in [0, 0.05) is 18.0 Å². The lowest BCUT2D eigenvalue weighted by molar-refractivity contribution is -0.128. The first-order chi connectivity index (χ1) is 10.1. The monoisotopic (exact) mass is 306 g/mol. The Hall–Kier alpha value is -2.22. The van der Waals surface area contributed by atoms with Crippen molar-refractivity contribution in [3.8, 4) is 0 Å². The summed E-state index contributed by atoms with van der Waals surface area (Å²) in [4.78, 5) is 42.9. The summed E-state index contributed by atoms with van der Waals surface area (Å²) in [5, 5.41) is 3.08. The van der Waals surface area contributed by atoms with Gasteiger partial charge in [0.05, 0.1) is 11.7 Å². The number of nitrogens with one attached hydrogen (secondary N) is 1. The molecule has 2 aromatic rings. The largest absolute Gasteiger partial charge is 0.336 e. The molecule has 1 aliphatic rings. The summed E-state index contributed by atoms with van der Waals surface area (Å²) in [6, 6.07) is 1.41. The van der Waals surface area contributed by atoms with Gasteiger partial charge in [-0.25, -0.2) is 9.78 Å². The van der Waals surface area contributed by atoms with E-state index < -0.39 is 11.9 Å². The first kappa shape index (κ1) is 13.7. The van der Waals surface area contributed by atoms with E-state index in [0.717, 1.165) is 16.2 Å². The van der Waals surface area contributed by atoms with Gasteiger partial charge in [-0.1, -0.05) is 6.92 Å². The number of carbonyl (C=O) groups excluding carboxylic acids is 2. The van der Waals surface area contributed by atoms with Gasteiger partial charge < -0.3 is 5.32 Å². The Morgan fingerprint density at radius 3 is 2.95 bits per heavy atom. The average molecular weight is 306 g/mol. The maximum absolute atomic E-state index is 12.3. The summed E-state index contributed by atoms with van der Waals surface area (Å²) in [6.45, 7) is 2.62. The van der Waals surface area contributed by atoms with E-state index in [1.54, 1.807) is 0 Å². The number of amides is 3.